The lowest BCUT2D eigenvalue weighted by atomic mass is 10.1. The van der Waals surface area contributed by atoms with Crippen LogP contribution in [0.4, 0.5) is 0 Å². The topological polar surface area (TPSA) is 21.3 Å². The van der Waals surface area contributed by atoms with Gasteiger partial charge in [0.2, 0.25) is 0 Å². The van der Waals surface area contributed by atoms with Crippen LogP contribution in [0.5, 0.6) is 5.75 Å². The van der Waals surface area contributed by atoms with Crippen LogP contribution in [0, 0.1) is 0 Å². The molecule has 0 unspecified atom stereocenters. The van der Waals surface area contributed by atoms with Crippen LogP contribution in [-0.4, -0.2) is 7.05 Å². The van der Waals surface area contributed by atoms with Gasteiger partial charge in [-0.05, 0) is 23.9 Å². The molecule has 22 heavy (non-hydrogen) atoms. The molecule has 2 nitrogen and oxygen atoms in total. The van der Waals surface area contributed by atoms with Gasteiger partial charge in [-0.3, -0.25) is 0 Å². The summed E-state index contributed by atoms with van der Waals surface area (Å²) in [7, 11) is 1.88. The van der Waals surface area contributed by atoms with Gasteiger partial charge < -0.3 is 10.1 Å². The van der Waals surface area contributed by atoms with Crippen molar-refractivity contribution in [3.05, 3.63) is 84.2 Å². The summed E-state index contributed by atoms with van der Waals surface area (Å²) in [6, 6.07) is 24.6. The molecule has 0 atom stereocenters. The van der Waals surface area contributed by atoms with Gasteiger partial charge in [0.05, 0.1) is 0 Å². The zero-order chi connectivity index (χ0) is 15.4. The molecule has 3 aromatic rings. The number of benzene rings is 3. The van der Waals surface area contributed by atoms with Crippen LogP contribution in [0.25, 0.3) is 16.3 Å². The Balaban J connectivity index is 2.02. The number of hydrogen-bond donors (Lipinski definition) is 1. The van der Waals surface area contributed by atoms with Gasteiger partial charge in [-0.25, -0.2) is 0 Å². The van der Waals surface area contributed by atoms with Crippen LogP contribution in [-0.2, 0) is 0 Å². The molecule has 0 amide bonds. The second-order valence-electron chi connectivity index (χ2n) is 5.15. The molecule has 2 heteroatoms. The van der Waals surface area contributed by atoms with Crippen molar-refractivity contribution < 1.29 is 4.74 Å². The quantitative estimate of drug-likeness (QED) is 0.695. The highest BCUT2D eigenvalue weighted by atomic mass is 16.5. The molecule has 0 aliphatic heterocycles. The van der Waals surface area contributed by atoms with Crippen molar-refractivity contribution in [2.75, 3.05) is 7.05 Å². The summed E-state index contributed by atoms with van der Waals surface area (Å²) in [5.74, 6) is 1.63. The van der Waals surface area contributed by atoms with E-state index in [1.54, 1.807) is 0 Å². The van der Waals surface area contributed by atoms with Crippen LogP contribution in [0.15, 0.2) is 78.7 Å². The maximum atomic E-state index is 6.16. The van der Waals surface area contributed by atoms with Crippen molar-refractivity contribution in [1.29, 1.82) is 0 Å². The number of allylic oxidation sites excluding steroid dienone is 1. The van der Waals surface area contributed by atoms with Crippen molar-refractivity contribution >= 4 is 16.3 Å². The minimum atomic E-state index is 0.766. The minimum absolute atomic E-state index is 0.766. The predicted molar refractivity (Wildman–Crippen MR) is 92.7 cm³/mol. The molecule has 1 N–H and O–H groups in total. The molecule has 0 bridgehead atoms. The molecule has 0 spiro atoms. The highest BCUT2D eigenvalue weighted by Gasteiger charge is 2.08. The first-order valence-electron chi connectivity index (χ1n) is 7.39. The predicted octanol–water partition coefficient (Wildman–Crippen LogP) is 4.83. The Morgan fingerprint density at radius 3 is 2.27 bits per heavy atom. The van der Waals surface area contributed by atoms with E-state index in [0.717, 1.165) is 28.2 Å². The molecular weight excluding hydrogens is 270 g/mol. The maximum Gasteiger partial charge on any atom is 0.196 e. The molecule has 0 fully saturated rings. The molecule has 0 saturated heterocycles. The smallest absolute Gasteiger partial charge is 0.196 e. The van der Waals surface area contributed by atoms with Crippen molar-refractivity contribution in [3.8, 4) is 5.75 Å². The van der Waals surface area contributed by atoms with Gasteiger partial charge in [-0.15, -0.1) is 0 Å². The van der Waals surface area contributed by atoms with Gasteiger partial charge in [0.1, 0.15) is 5.75 Å². The molecule has 0 aromatic heterocycles. The van der Waals surface area contributed by atoms with E-state index in [1.807, 2.05) is 49.5 Å². The van der Waals surface area contributed by atoms with Crippen LogP contribution in [0.2, 0.25) is 0 Å². The highest BCUT2D eigenvalue weighted by molar-refractivity contribution is 5.88. The number of fused-ring (bicyclic) bond motifs is 1. The zero-order valence-electron chi connectivity index (χ0n) is 12.8. The number of nitrogens with one attached hydrogen (secondary N) is 1. The normalized spacial score (nSPS) is 11.9. The first-order valence-corrected chi connectivity index (χ1v) is 7.39. The fourth-order valence-corrected chi connectivity index (χ4v) is 2.53. The summed E-state index contributed by atoms with van der Waals surface area (Å²) in [4.78, 5) is 0. The van der Waals surface area contributed by atoms with Gasteiger partial charge in [0.15, 0.2) is 5.88 Å². The first kappa shape index (κ1) is 14.2. The van der Waals surface area contributed by atoms with Gasteiger partial charge in [0.25, 0.3) is 0 Å². The Kier molecular flexibility index (Phi) is 4.10. The average Bonchev–Trinajstić information content (AvgIpc) is 2.60. The average molecular weight is 289 g/mol. The van der Waals surface area contributed by atoms with E-state index < -0.39 is 0 Å². The van der Waals surface area contributed by atoms with Gasteiger partial charge in [-0.1, -0.05) is 66.7 Å². The molecule has 3 aromatic carbocycles. The summed E-state index contributed by atoms with van der Waals surface area (Å²) >= 11 is 0. The number of hydrogen-bond acceptors (Lipinski definition) is 2. The fourth-order valence-electron chi connectivity index (χ4n) is 2.53. The molecule has 110 valence electrons. The Morgan fingerprint density at radius 1 is 0.818 bits per heavy atom. The second-order valence-corrected chi connectivity index (χ2v) is 5.15. The standard InChI is InChI=1S/C20H19NO/c1-15(16-9-4-3-5-10-16)20(21-2)22-19-14-8-12-17-11-6-7-13-18(17)19/h3-14,21H,1-2H3. The van der Waals surface area contributed by atoms with E-state index in [4.69, 9.17) is 4.74 Å². The molecule has 0 saturated carbocycles. The summed E-state index contributed by atoms with van der Waals surface area (Å²) in [6.07, 6.45) is 0. The second kappa shape index (κ2) is 6.35. The molecule has 0 aliphatic rings. The first-order chi connectivity index (χ1) is 10.8. The lowest BCUT2D eigenvalue weighted by Crippen LogP contribution is -2.14. The van der Waals surface area contributed by atoms with E-state index in [9.17, 15) is 0 Å². The molecule has 0 aliphatic carbocycles. The summed E-state index contributed by atoms with van der Waals surface area (Å²) in [6.45, 7) is 2.06. The van der Waals surface area contributed by atoms with Crippen LogP contribution in [0.1, 0.15) is 12.5 Å². The molecule has 3 rings (SSSR count). The fraction of sp³-hybridized carbons (Fsp3) is 0.100. The van der Waals surface area contributed by atoms with Crippen molar-refractivity contribution in [2.24, 2.45) is 0 Å². The molecular formula is C20H19NO. The van der Waals surface area contributed by atoms with Crippen LogP contribution < -0.4 is 10.1 Å². The Bertz CT molecular complexity index is 801. The van der Waals surface area contributed by atoms with E-state index in [-0.39, 0.29) is 0 Å². The monoisotopic (exact) mass is 289 g/mol. The van der Waals surface area contributed by atoms with Gasteiger partial charge in [-0.2, -0.15) is 0 Å². The van der Waals surface area contributed by atoms with Crippen molar-refractivity contribution in [3.63, 3.8) is 0 Å². The number of rotatable bonds is 4. The Hall–Kier alpha value is -2.74. The van der Waals surface area contributed by atoms with Gasteiger partial charge >= 0.3 is 0 Å². The summed E-state index contributed by atoms with van der Waals surface area (Å²) < 4.78 is 6.16. The Labute approximate surface area is 131 Å². The van der Waals surface area contributed by atoms with E-state index in [0.29, 0.717) is 0 Å². The lowest BCUT2D eigenvalue weighted by molar-refractivity contribution is 0.399. The van der Waals surface area contributed by atoms with Crippen LogP contribution in [0.3, 0.4) is 0 Å². The van der Waals surface area contributed by atoms with Crippen LogP contribution >= 0.6 is 0 Å². The molecule has 0 radical (unpaired) electrons. The summed E-state index contributed by atoms with van der Waals surface area (Å²) in [5, 5.41) is 5.45. The third-order valence-corrected chi connectivity index (χ3v) is 3.74. The third kappa shape index (κ3) is 2.82. The van der Waals surface area contributed by atoms with E-state index in [2.05, 4.69) is 42.6 Å². The lowest BCUT2D eigenvalue weighted by Gasteiger charge is -2.15. The van der Waals surface area contributed by atoms with E-state index in [1.165, 1.54) is 5.39 Å². The Morgan fingerprint density at radius 2 is 1.50 bits per heavy atom. The van der Waals surface area contributed by atoms with Crippen molar-refractivity contribution in [2.45, 2.75) is 6.92 Å². The largest absolute Gasteiger partial charge is 0.440 e. The van der Waals surface area contributed by atoms with Crippen molar-refractivity contribution in [1.82, 2.24) is 5.32 Å². The number of ether oxygens (including phenoxy) is 1. The van der Waals surface area contributed by atoms with Gasteiger partial charge in [0, 0.05) is 18.0 Å². The SMILES string of the molecule is CNC(Oc1cccc2ccccc12)=C(C)c1ccccc1. The minimum Gasteiger partial charge on any atom is -0.440 e. The third-order valence-electron chi connectivity index (χ3n) is 3.74. The summed E-state index contributed by atoms with van der Waals surface area (Å²) in [5.41, 5.74) is 2.23. The van der Waals surface area contributed by atoms with E-state index >= 15 is 0 Å². The maximum absolute atomic E-state index is 6.16. The molecule has 0 heterocycles. The highest BCUT2D eigenvalue weighted by Crippen LogP contribution is 2.28. The zero-order valence-corrected chi connectivity index (χ0v) is 12.8.